The van der Waals surface area contributed by atoms with Gasteiger partial charge in [-0.25, -0.2) is 0 Å². The molecule has 24 heavy (non-hydrogen) atoms. The van der Waals surface area contributed by atoms with E-state index in [2.05, 4.69) is 31.0 Å². The van der Waals surface area contributed by atoms with Gasteiger partial charge in [0, 0.05) is 18.1 Å². The van der Waals surface area contributed by atoms with Gasteiger partial charge in [-0.1, -0.05) is 0 Å². The molecule has 0 aliphatic carbocycles. The Morgan fingerprint density at radius 2 is 1.50 bits per heavy atom. The van der Waals surface area contributed by atoms with E-state index in [1.54, 1.807) is 21.3 Å². The van der Waals surface area contributed by atoms with Crippen LogP contribution in [-0.2, 0) is 0 Å². The molecule has 0 amide bonds. The lowest BCUT2D eigenvalue weighted by Crippen LogP contribution is -2.45. The van der Waals surface area contributed by atoms with Gasteiger partial charge in [0.25, 0.3) is 0 Å². The van der Waals surface area contributed by atoms with E-state index >= 15 is 0 Å². The molecular formula is C19H32N2O3. The summed E-state index contributed by atoms with van der Waals surface area (Å²) in [6.45, 7) is 9.06. The molecule has 136 valence electrons. The largest absolute Gasteiger partial charge is 0.493 e. The molecule has 1 aromatic rings. The number of rotatable bonds is 7. The third kappa shape index (κ3) is 4.33. The maximum Gasteiger partial charge on any atom is 0.203 e. The number of nitrogens with one attached hydrogen (secondary N) is 1. The molecule has 2 rings (SSSR count). The minimum atomic E-state index is 0.231. The highest BCUT2D eigenvalue weighted by Gasteiger charge is 2.23. The van der Waals surface area contributed by atoms with Gasteiger partial charge in [-0.15, -0.1) is 0 Å². The van der Waals surface area contributed by atoms with Gasteiger partial charge in [-0.3, -0.25) is 0 Å². The first kappa shape index (κ1) is 18.9. The lowest BCUT2D eigenvalue weighted by atomic mass is 10.0. The molecule has 0 saturated carbocycles. The van der Waals surface area contributed by atoms with Crippen molar-refractivity contribution in [2.24, 2.45) is 0 Å². The number of ether oxygens (including phenoxy) is 3. The fraction of sp³-hybridized carbons (Fsp3) is 0.684. The van der Waals surface area contributed by atoms with Crippen LogP contribution in [-0.4, -0.2) is 51.4 Å². The van der Waals surface area contributed by atoms with Crippen molar-refractivity contribution >= 4 is 0 Å². The van der Waals surface area contributed by atoms with Crippen LogP contribution in [0.1, 0.15) is 45.2 Å². The van der Waals surface area contributed by atoms with Gasteiger partial charge in [-0.05, 0) is 64.4 Å². The Labute approximate surface area is 146 Å². The number of methoxy groups -OCH3 is 3. The van der Waals surface area contributed by atoms with E-state index in [-0.39, 0.29) is 6.04 Å². The highest BCUT2D eigenvalue weighted by atomic mass is 16.5. The quantitative estimate of drug-likeness (QED) is 0.828. The maximum atomic E-state index is 5.46. The molecule has 1 saturated heterocycles. The van der Waals surface area contributed by atoms with E-state index in [9.17, 15) is 0 Å². The zero-order valence-corrected chi connectivity index (χ0v) is 15.9. The molecule has 1 aliphatic heterocycles. The standard InChI is InChI=1S/C19H32N2O3/c1-13(2)21-9-7-16(8-10-21)20-14(3)15-11-17(22-4)19(24-6)18(12-15)23-5/h11-14,16,20H,7-10H2,1-6H3. The number of hydrogen-bond donors (Lipinski definition) is 1. The predicted molar refractivity (Wildman–Crippen MR) is 97.4 cm³/mol. The summed E-state index contributed by atoms with van der Waals surface area (Å²) in [5, 5.41) is 3.76. The van der Waals surface area contributed by atoms with Crippen molar-refractivity contribution in [3.05, 3.63) is 17.7 Å². The molecule has 0 spiro atoms. The number of piperidine rings is 1. The Kier molecular flexibility index (Phi) is 6.75. The summed E-state index contributed by atoms with van der Waals surface area (Å²) in [5.74, 6) is 2.05. The smallest absolute Gasteiger partial charge is 0.203 e. The van der Waals surface area contributed by atoms with Gasteiger partial charge in [0.1, 0.15) is 0 Å². The zero-order chi connectivity index (χ0) is 17.7. The summed E-state index contributed by atoms with van der Waals surface area (Å²) >= 11 is 0. The van der Waals surface area contributed by atoms with E-state index < -0.39 is 0 Å². The molecule has 0 aromatic heterocycles. The Balaban J connectivity index is 2.06. The topological polar surface area (TPSA) is 43.0 Å². The normalized spacial score (nSPS) is 17.8. The Bertz CT molecular complexity index is 500. The third-order valence-corrected chi connectivity index (χ3v) is 4.93. The van der Waals surface area contributed by atoms with E-state index in [1.165, 1.54) is 12.8 Å². The first-order chi connectivity index (χ1) is 11.5. The maximum absolute atomic E-state index is 5.46. The summed E-state index contributed by atoms with van der Waals surface area (Å²) in [6, 6.07) is 5.48. The molecule has 1 unspecified atom stereocenters. The van der Waals surface area contributed by atoms with Gasteiger partial charge in [0.2, 0.25) is 5.75 Å². The van der Waals surface area contributed by atoms with Crippen LogP contribution in [0, 0.1) is 0 Å². The van der Waals surface area contributed by atoms with E-state index in [0.29, 0.717) is 29.3 Å². The molecule has 1 aliphatic rings. The van der Waals surface area contributed by atoms with Crippen molar-refractivity contribution in [1.29, 1.82) is 0 Å². The fourth-order valence-electron chi connectivity index (χ4n) is 3.38. The van der Waals surface area contributed by atoms with Crippen LogP contribution in [0.25, 0.3) is 0 Å². The number of benzene rings is 1. The Morgan fingerprint density at radius 3 is 1.92 bits per heavy atom. The first-order valence-corrected chi connectivity index (χ1v) is 8.80. The molecule has 1 fully saturated rings. The second-order valence-corrected chi connectivity index (χ2v) is 6.75. The Hall–Kier alpha value is -1.46. The van der Waals surface area contributed by atoms with Crippen LogP contribution in [0.15, 0.2) is 12.1 Å². The van der Waals surface area contributed by atoms with Gasteiger partial charge in [0.15, 0.2) is 11.5 Å². The van der Waals surface area contributed by atoms with Crippen LogP contribution in [0.5, 0.6) is 17.2 Å². The van der Waals surface area contributed by atoms with Gasteiger partial charge in [0.05, 0.1) is 21.3 Å². The van der Waals surface area contributed by atoms with Crippen molar-refractivity contribution in [2.75, 3.05) is 34.4 Å². The van der Waals surface area contributed by atoms with Crippen molar-refractivity contribution in [3.63, 3.8) is 0 Å². The number of likely N-dealkylation sites (tertiary alicyclic amines) is 1. The average Bonchev–Trinajstić information content (AvgIpc) is 2.60. The average molecular weight is 336 g/mol. The van der Waals surface area contributed by atoms with Crippen LogP contribution >= 0.6 is 0 Å². The second kappa shape index (κ2) is 8.58. The van der Waals surface area contributed by atoms with Crippen LogP contribution in [0.4, 0.5) is 0 Å². The van der Waals surface area contributed by atoms with Gasteiger partial charge < -0.3 is 24.4 Å². The van der Waals surface area contributed by atoms with E-state index in [0.717, 1.165) is 18.7 Å². The molecule has 0 bridgehead atoms. The molecule has 5 nitrogen and oxygen atoms in total. The third-order valence-electron chi connectivity index (χ3n) is 4.93. The molecule has 1 atom stereocenters. The lowest BCUT2D eigenvalue weighted by molar-refractivity contribution is 0.157. The van der Waals surface area contributed by atoms with Gasteiger partial charge >= 0.3 is 0 Å². The number of hydrogen-bond acceptors (Lipinski definition) is 5. The summed E-state index contributed by atoms with van der Waals surface area (Å²) in [7, 11) is 4.94. The molecule has 1 aromatic carbocycles. The van der Waals surface area contributed by atoms with Crippen LogP contribution in [0.2, 0.25) is 0 Å². The summed E-state index contributed by atoms with van der Waals surface area (Å²) < 4.78 is 16.3. The Morgan fingerprint density at radius 1 is 0.958 bits per heavy atom. The van der Waals surface area contributed by atoms with Gasteiger partial charge in [-0.2, -0.15) is 0 Å². The highest BCUT2D eigenvalue weighted by molar-refractivity contribution is 5.54. The lowest BCUT2D eigenvalue weighted by Gasteiger charge is -2.36. The minimum absolute atomic E-state index is 0.231. The summed E-state index contributed by atoms with van der Waals surface area (Å²) in [5.41, 5.74) is 1.15. The SMILES string of the molecule is COc1cc(C(C)NC2CCN(C(C)C)CC2)cc(OC)c1OC. The molecule has 5 heteroatoms. The summed E-state index contributed by atoms with van der Waals surface area (Å²) in [4.78, 5) is 2.54. The van der Waals surface area contributed by atoms with E-state index in [1.807, 2.05) is 12.1 Å². The van der Waals surface area contributed by atoms with Crippen LogP contribution in [0.3, 0.4) is 0 Å². The minimum Gasteiger partial charge on any atom is -0.493 e. The molecule has 1 N–H and O–H groups in total. The zero-order valence-electron chi connectivity index (χ0n) is 15.9. The second-order valence-electron chi connectivity index (χ2n) is 6.75. The highest BCUT2D eigenvalue weighted by Crippen LogP contribution is 2.39. The van der Waals surface area contributed by atoms with Crippen LogP contribution < -0.4 is 19.5 Å². The molecule has 0 radical (unpaired) electrons. The van der Waals surface area contributed by atoms with Crippen molar-refractivity contribution in [1.82, 2.24) is 10.2 Å². The van der Waals surface area contributed by atoms with E-state index in [4.69, 9.17) is 14.2 Å². The predicted octanol–water partition coefficient (Wildman–Crippen LogP) is 3.24. The first-order valence-electron chi connectivity index (χ1n) is 8.80. The van der Waals surface area contributed by atoms with Crippen molar-refractivity contribution in [3.8, 4) is 17.2 Å². The molecular weight excluding hydrogens is 304 g/mol. The number of nitrogens with zero attached hydrogens (tertiary/aromatic N) is 1. The monoisotopic (exact) mass is 336 g/mol. The van der Waals surface area contributed by atoms with Crippen molar-refractivity contribution < 1.29 is 14.2 Å². The summed E-state index contributed by atoms with van der Waals surface area (Å²) in [6.07, 6.45) is 2.37. The molecule has 1 heterocycles. The van der Waals surface area contributed by atoms with Crippen molar-refractivity contribution in [2.45, 2.75) is 51.7 Å². The fourth-order valence-corrected chi connectivity index (χ4v) is 3.38.